The van der Waals surface area contributed by atoms with Crippen molar-refractivity contribution in [1.29, 1.82) is 0 Å². The monoisotopic (exact) mass is 870 g/mol. The summed E-state index contributed by atoms with van der Waals surface area (Å²) in [5.41, 5.74) is 9.33. The molecule has 7 aromatic carbocycles. The standard InChI is InChI=1S/C55H38N10S/c1-31-56-32(2)59-53(58-31)38-22-25-41-42-26-23-39(54-60-33(3)57-34(4)61-54)30-48(42)65(47(41)29-38)46-27-24-37(40-19-13-20-44-43-18-11-12-21-49(43)66-50(40)44)28-45(46)55-63-51(35-14-7-5-8-15-35)62-52(64-55)36-16-9-6-10-17-36/h5-30H,1-4H3. The molecule has 5 aromatic heterocycles. The molecule has 0 radical (unpaired) electrons. The van der Waals surface area contributed by atoms with Gasteiger partial charge in [-0.15, -0.1) is 11.3 Å². The summed E-state index contributed by atoms with van der Waals surface area (Å²) in [7, 11) is 0. The van der Waals surface area contributed by atoms with Crippen molar-refractivity contribution in [1.82, 2.24) is 49.4 Å². The number of aromatic nitrogens is 10. The molecule has 12 rings (SSSR count). The maximum Gasteiger partial charge on any atom is 0.166 e. The molecule has 66 heavy (non-hydrogen) atoms. The van der Waals surface area contributed by atoms with E-state index in [1.807, 2.05) is 99.7 Å². The van der Waals surface area contributed by atoms with E-state index in [9.17, 15) is 0 Å². The Labute approximate surface area is 383 Å². The second-order valence-electron chi connectivity index (χ2n) is 16.4. The molecule has 314 valence electrons. The van der Waals surface area contributed by atoms with E-state index in [1.54, 1.807) is 0 Å². The van der Waals surface area contributed by atoms with Crippen molar-refractivity contribution >= 4 is 53.3 Å². The van der Waals surface area contributed by atoms with E-state index < -0.39 is 0 Å². The van der Waals surface area contributed by atoms with E-state index in [4.69, 9.17) is 34.9 Å². The Morgan fingerprint density at radius 1 is 0.333 bits per heavy atom. The van der Waals surface area contributed by atoms with E-state index in [0.29, 0.717) is 52.4 Å². The van der Waals surface area contributed by atoms with Crippen LogP contribution in [-0.4, -0.2) is 49.4 Å². The lowest BCUT2D eigenvalue weighted by molar-refractivity contribution is 0.928. The first-order chi connectivity index (χ1) is 32.3. The van der Waals surface area contributed by atoms with Crippen molar-refractivity contribution in [2.75, 3.05) is 0 Å². The fourth-order valence-corrected chi connectivity index (χ4v) is 10.3. The minimum atomic E-state index is 0.540. The fourth-order valence-electron chi connectivity index (χ4n) is 9.03. The van der Waals surface area contributed by atoms with Crippen molar-refractivity contribution in [2.24, 2.45) is 0 Å². The number of aryl methyl sites for hydroxylation is 4. The van der Waals surface area contributed by atoms with Crippen LogP contribution in [0, 0.1) is 27.7 Å². The number of hydrogen-bond acceptors (Lipinski definition) is 10. The zero-order valence-electron chi connectivity index (χ0n) is 36.4. The third-order valence-corrected chi connectivity index (χ3v) is 13.1. The van der Waals surface area contributed by atoms with Gasteiger partial charge in [0.05, 0.1) is 16.7 Å². The topological polar surface area (TPSA) is 121 Å². The van der Waals surface area contributed by atoms with Crippen molar-refractivity contribution in [2.45, 2.75) is 27.7 Å². The van der Waals surface area contributed by atoms with Gasteiger partial charge in [0.25, 0.3) is 0 Å². The Hall–Kier alpha value is -8.41. The van der Waals surface area contributed by atoms with Gasteiger partial charge in [-0.05, 0) is 69.2 Å². The molecule has 0 aliphatic heterocycles. The first-order valence-corrected chi connectivity index (χ1v) is 22.5. The highest BCUT2D eigenvalue weighted by Gasteiger charge is 2.23. The van der Waals surface area contributed by atoms with Crippen LogP contribution < -0.4 is 0 Å². The quantitative estimate of drug-likeness (QED) is 0.154. The van der Waals surface area contributed by atoms with Crippen molar-refractivity contribution in [3.8, 4) is 73.8 Å². The molecular weight excluding hydrogens is 833 g/mol. The summed E-state index contributed by atoms with van der Waals surface area (Å²) in [6, 6.07) is 54.9. The molecule has 10 nitrogen and oxygen atoms in total. The van der Waals surface area contributed by atoms with Crippen molar-refractivity contribution in [3.63, 3.8) is 0 Å². The van der Waals surface area contributed by atoms with Crippen LogP contribution in [0.15, 0.2) is 158 Å². The summed E-state index contributed by atoms with van der Waals surface area (Å²) < 4.78 is 4.78. The fraction of sp³-hybridized carbons (Fsp3) is 0.0727. The van der Waals surface area contributed by atoms with Crippen LogP contribution in [0.25, 0.3) is 116 Å². The number of hydrogen-bond donors (Lipinski definition) is 0. The lowest BCUT2D eigenvalue weighted by atomic mass is 9.99. The van der Waals surface area contributed by atoms with Gasteiger partial charge in [-0.2, -0.15) is 0 Å². The molecule has 0 unspecified atom stereocenters. The van der Waals surface area contributed by atoms with Gasteiger partial charge in [0, 0.05) is 58.8 Å². The molecule has 5 heterocycles. The van der Waals surface area contributed by atoms with E-state index in [-0.39, 0.29) is 0 Å². The van der Waals surface area contributed by atoms with Crippen LogP contribution >= 0.6 is 11.3 Å². The first kappa shape index (κ1) is 39.2. The highest BCUT2D eigenvalue weighted by Crippen LogP contribution is 2.44. The third kappa shape index (κ3) is 6.84. The first-order valence-electron chi connectivity index (χ1n) is 21.7. The average Bonchev–Trinajstić information content (AvgIpc) is 3.89. The Kier molecular flexibility index (Phi) is 9.32. The second-order valence-corrected chi connectivity index (χ2v) is 17.4. The summed E-state index contributed by atoms with van der Waals surface area (Å²) in [5.74, 6) is 5.57. The lowest BCUT2D eigenvalue weighted by Crippen LogP contribution is -2.04. The van der Waals surface area contributed by atoms with E-state index in [1.165, 1.54) is 20.2 Å². The molecule has 0 bridgehead atoms. The lowest BCUT2D eigenvalue weighted by Gasteiger charge is -2.17. The van der Waals surface area contributed by atoms with Crippen molar-refractivity contribution < 1.29 is 0 Å². The van der Waals surface area contributed by atoms with E-state index in [0.717, 1.165) is 66.4 Å². The van der Waals surface area contributed by atoms with Crippen molar-refractivity contribution in [3.05, 3.63) is 181 Å². The normalized spacial score (nSPS) is 11.6. The highest BCUT2D eigenvalue weighted by atomic mass is 32.1. The average molecular weight is 871 g/mol. The largest absolute Gasteiger partial charge is 0.308 e. The third-order valence-electron chi connectivity index (χ3n) is 11.9. The van der Waals surface area contributed by atoms with Crippen LogP contribution in [0.4, 0.5) is 0 Å². The van der Waals surface area contributed by atoms with Crippen LogP contribution in [0.3, 0.4) is 0 Å². The molecule has 0 spiro atoms. The Morgan fingerprint density at radius 2 is 0.818 bits per heavy atom. The van der Waals surface area contributed by atoms with E-state index in [2.05, 4.69) is 112 Å². The molecule has 0 fully saturated rings. The zero-order valence-corrected chi connectivity index (χ0v) is 37.2. The minimum absolute atomic E-state index is 0.540. The summed E-state index contributed by atoms with van der Waals surface area (Å²) in [6.07, 6.45) is 0. The molecule has 0 saturated heterocycles. The highest BCUT2D eigenvalue weighted by molar-refractivity contribution is 7.26. The molecule has 0 saturated carbocycles. The maximum atomic E-state index is 5.34. The van der Waals surface area contributed by atoms with Gasteiger partial charge in [-0.3, -0.25) is 0 Å². The maximum absolute atomic E-state index is 5.34. The molecule has 0 amide bonds. The number of rotatable bonds is 7. The van der Waals surface area contributed by atoms with Crippen LogP contribution in [0.2, 0.25) is 0 Å². The molecule has 0 N–H and O–H groups in total. The van der Waals surface area contributed by atoms with Crippen LogP contribution in [-0.2, 0) is 0 Å². The number of fused-ring (bicyclic) bond motifs is 6. The number of nitrogens with zero attached hydrogens (tertiary/aromatic N) is 10. The predicted molar refractivity (Wildman–Crippen MR) is 265 cm³/mol. The summed E-state index contributed by atoms with van der Waals surface area (Å²) in [4.78, 5) is 43.9. The smallest absolute Gasteiger partial charge is 0.166 e. The molecule has 0 aliphatic rings. The summed E-state index contributed by atoms with van der Waals surface area (Å²) in [5, 5.41) is 4.59. The van der Waals surface area contributed by atoms with Gasteiger partial charge < -0.3 is 4.57 Å². The van der Waals surface area contributed by atoms with Crippen LogP contribution in [0.1, 0.15) is 23.3 Å². The molecule has 0 atom stereocenters. The number of thiophene rings is 1. The Bertz CT molecular complexity index is 3670. The zero-order chi connectivity index (χ0) is 44.5. The summed E-state index contributed by atoms with van der Waals surface area (Å²) >= 11 is 1.81. The second kappa shape index (κ2) is 15.7. The number of benzene rings is 7. The van der Waals surface area contributed by atoms with Gasteiger partial charge in [-0.25, -0.2) is 44.9 Å². The summed E-state index contributed by atoms with van der Waals surface area (Å²) in [6.45, 7) is 7.59. The van der Waals surface area contributed by atoms with Gasteiger partial charge in [-0.1, -0.05) is 127 Å². The van der Waals surface area contributed by atoms with Gasteiger partial charge in [0.2, 0.25) is 0 Å². The SMILES string of the molecule is Cc1nc(C)nc(-c2ccc3c4ccc(-c5nc(C)nc(C)n5)cc4n(-c4ccc(-c5cccc6c5sc5ccccc56)cc4-c4nc(-c5ccccc5)nc(-c5ccccc5)n4)c3c2)n1. The van der Waals surface area contributed by atoms with Crippen LogP contribution in [0.5, 0.6) is 0 Å². The minimum Gasteiger partial charge on any atom is -0.308 e. The molecular formula is C55H38N10S. The van der Waals surface area contributed by atoms with Gasteiger partial charge in [0.15, 0.2) is 29.1 Å². The van der Waals surface area contributed by atoms with Gasteiger partial charge >= 0.3 is 0 Å². The van der Waals surface area contributed by atoms with E-state index >= 15 is 0 Å². The predicted octanol–water partition coefficient (Wildman–Crippen LogP) is 12.9. The Balaban J connectivity index is 1.19. The Morgan fingerprint density at radius 3 is 1.39 bits per heavy atom. The molecule has 0 aliphatic carbocycles. The molecule has 11 heteroatoms. The van der Waals surface area contributed by atoms with Gasteiger partial charge in [0.1, 0.15) is 23.3 Å². The molecule has 12 aromatic rings.